The van der Waals surface area contributed by atoms with Gasteiger partial charge in [-0.15, -0.1) is 0 Å². The van der Waals surface area contributed by atoms with E-state index in [0.29, 0.717) is 0 Å². The lowest BCUT2D eigenvalue weighted by atomic mass is 10.0. The fraction of sp³-hybridized carbons (Fsp3) is 0.263. The highest BCUT2D eigenvalue weighted by Gasteiger charge is 2.19. The zero-order valence-electron chi connectivity index (χ0n) is 14.5. The molecule has 0 bridgehead atoms. The maximum Gasteiger partial charge on any atom is 0.180 e. The van der Waals surface area contributed by atoms with Crippen molar-refractivity contribution >= 4 is 11.0 Å². The van der Waals surface area contributed by atoms with Crippen LogP contribution < -0.4 is 0 Å². The van der Waals surface area contributed by atoms with E-state index in [9.17, 15) is 0 Å². The molecule has 5 rings (SSSR count). The van der Waals surface area contributed by atoms with Gasteiger partial charge in [-0.1, -0.05) is 0 Å². The van der Waals surface area contributed by atoms with Crippen molar-refractivity contribution in [3.63, 3.8) is 0 Å². The molecule has 0 aliphatic carbocycles. The predicted molar refractivity (Wildman–Crippen MR) is 96.1 cm³/mol. The Hall–Kier alpha value is -3.06. The third-order valence-electron chi connectivity index (χ3n) is 4.80. The summed E-state index contributed by atoms with van der Waals surface area (Å²) in [7, 11) is 1.92. The van der Waals surface area contributed by atoms with Gasteiger partial charge in [-0.2, -0.15) is 5.10 Å². The molecule has 7 heteroatoms. The maximum absolute atomic E-state index is 5.07. The van der Waals surface area contributed by atoms with Gasteiger partial charge in [0.05, 0.1) is 11.9 Å². The minimum atomic E-state index is 0.794. The van der Waals surface area contributed by atoms with Crippen molar-refractivity contribution in [2.45, 2.75) is 19.5 Å². The molecule has 7 nitrogen and oxygen atoms in total. The van der Waals surface area contributed by atoms with Crippen molar-refractivity contribution in [1.82, 2.24) is 29.6 Å². The Kier molecular flexibility index (Phi) is 3.53. The third-order valence-corrected chi connectivity index (χ3v) is 4.80. The van der Waals surface area contributed by atoms with Gasteiger partial charge in [0, 0.05) is 67.7 Å². The van der Waals surface area contributed by atoms with Crippen LogP contribution in [0.3, 0.4) is 0 Å². The largest absolute Gasteiger partial charge is 0.451 e. The summed E-state index contributed by atoms with van der Waals surface area (Å²) in [5, 5.41) is 5.31. The van der Waals surface area contributed by atoms with Crippen molar-refractivity contribution in [3.8, 4) is 11.1 Å². The summed E-state index contributed by atoms with van der Waals surface area (Å²) in [5.74, 6) is 0. The van der Waals surface area contributed by atoms with Crippen molar-refractivity contribution < 1.29 is 4.42 Å². The molecule has 0 atom stereocenters. The smallest absolute Gasteiger partial charge is 0.180 e. The Morgan fingerprint density at radius 1 is 1.15 bits per heavy atom. The van der Waals surface area contributed by atoms with Gasteiger partial charge in [0.1, 0.15) is 6.26 Å². The topological polar surface area (TPSA) is 72.9 Å². The number of aromatic nitrogens is 5. The van der Waals surface area contributed by atoms with Crippen LogP contribution in [-0.2, 0) is 26.6 Å². The van der Waals surface area contributed by atoms with Gasteiger partial charge in [-0.05, 0) is 17.7 Å². The Morgan fingerprint density at radius 3 is 2.92 bits per heavy atom. The molecule has 130 valence electrons. The van der Waals surface area contributed by atoms with Gasteiger partial charge in [0.15, 0.2) is 12.0 Å². The van der Waals surface area contributed by atoms with Gasteiger partial charge in [-0.3, -0.25) is 9.58 Å². The summed E-state index contributed by atoms with van der Waals surface area (Å²) in [6, 6.07) is 4.36. The highest BCUT2D eigenvalue weighted by Crippen LogP contribution is 2.26. The Balaban J connectivity index is 1.47. The SMILES string of the molecule is Cn1cc(-c2cnc3nc4c(cc3c2)CN(Cc2cocn2)CC4)cn1. The van der Waals surface area contributed by atoms with Crippen LogP contribution in [0.2, 0.25) is 0 Å². The number of aryl methyl sites for hydroxylation is 1. The molecule has 26 heavy (non-hydrogen) atoms. The lowest BCUT2D eigenvalue weighted by molar-refractivity contribution is 0.241. The number of hydrogen-bond acceptors (Lipinski definition) is 6. The average Bonchev–Trinajstić information content (AvgIpc) is 3.31. The summed E-state index contributed by atoms with van der Waals surface area (Å²) in [4.78, 5) is 16.0. The number of nitrogens with zero attached hydrogens (tertiary/aromatic N) is 6. The molecule has 4 aromatic rings. The highest BCUT2D eigenvalue weighted by atomic mass is 16.3. The Morgan fingerprint density at radius 2 is 2.12 bits per heavy atom. The predicted octanol–water partition coefficient (Wildman–Crippen LogP) is 2.58. The summed E-state index contributed by atoms with van der Waals surface area (Å²) in [6.07, 6.45) is 9.84. The van der Waals surface area contributed by atoms with E-state index < -0.39 is 0 Å². The maximum atomic E-state index is 5.07. The van der Waals surface area contributed by atoms with Gasteiger partial charge in [0.2, 0.25) is 0 Å². The third kappa shape index (κ3) is 2.76. The van der Waals surface area contributed by atoms with Crippen molar-refractivity contribution in [3.05, 3.63) is 60.3 Å². The van der Waals surface area contributed by atoms with Crippen LogP contribution >= 0.6 is 0 Å². The number of fused-ring (bicyclic) bond motifs is 2. The van der Waals surface area contributed by atoms with Crippen molar-refractivity contribution in [1.29, 1.82) is 0 Å². The molecule has 0 fully saturated rings. The molecule has 0 saturated heterocycles. The molecule has 0 N–H and O–H groups in total. The number of pyridine rings is 2. The standard InChI is InChI=1S/C19H18N6O/c1-24-8-16(7-22-24)14-4-13-5-15-9-25(10-17-11-26-12-21-17)3-2-18(15)23-19(13)20-6-14/h4-8,11-12H,2-3,9-10H2,1H3. The van der Waals surface area contributed by atoms with Gasteiger partial charge in [0.25, 0.3) is 0 Å². The van der Waals surface area contributed by atoms with E-state index in [0.717, 1.165) is 59.6 Å². The quantitative estimate of drug-likeness (QED) is 0.568. The zero-order chi connectivity index (χ0) is 17.5. The fourth-order valence-electron chi connectivity index (χ4n) is 3.49. The molecule has 4 aromatic heterocycles. The van der Waals surface area contributed by atoms with Gasteiger partial charge in [-0.25, -0.2) is 15.0 Å². The summed E-state index contributed by atoms with van der Waals surface area (Å²) in [6.45, 7) is 2.62. The monoisotopic (exact) mass is 346 g/mol. The second-order valence-electron chi connectivity index (χ2n) is 6.71. The van der Waals surface area contributed by atoms with Crippen LogP contribution in [0.25, 0.3) is 22.2 Å². The summed E-state index contributed by atoms with van der Waals surface area (Å²) in [5.41, 5.74) is 6.30. The highest BCUT2D eigenvalue weighted by molar-refractivity contribution is 5.81. The number of rotatable bonds is 3. The first kappa shape index (κ1) is 15.2. The normalized spacial score (nSPS) is 14.7. The average molecular weight is 346 g/mol. The van der Waals surface area contributed by atoms with Crippen LogP contribution in [0.1, 0.15) is 17.0 Å². The van der Waals surface area contributed by atoms with Gasteiger partial charge < -0.3 is 4.42 Å². The molecule has 0 radical (unpaired) electrons. The van der Waals surface area contributed by atoms with Crippen LogP contribution in [0.5, 0.6) is 0 Å². The number of oxazole rings is 1. The summed E-state index contributed by atoms with van der Waals surface area (Å²) >= 11 is 0. The molecule has 0 saturated carbocycles. The van der Waals surface area contributed by atoms with Crippen LogP contribution in [0.15, 0.2) is 47.8 Å². The van der Waals surface area contributed by atoms with Gasteiger partial charge >= 0.3 is 0 Å². The van der Waals surface area contributed by atoms with Crippen LogP contribution in [-0.4, -0.2) is 36.2 Å². The molecule has 5 heterocycles. The van der Waals surface area contributed by atoms with E-state index >= 15 is 0 Å². The fourth-order valence-corrected chi connectivity index (χ4v) is 3.49. The molecular formula is C19H18N6O. The van der Waals surface area contributed by atoms with E-state index in [1.54, 1.807) is 10.9 Å². The molecule has 0 aromatic carbocycles. The number of hydrogen-bond donors (Lipinski definition) is 0. The van der Waals surface area contributed by atoms with E-state index in [4.69, 9.17) is 9.40 Å². The Labute approximate surface area is 150 Å². The molecular weight excluding hydrogens is 328 g/mol. The van der Waals surface area contributed by atoms with Crippen molar-refractivity contribution in [2.75, 3.05) is 6.54 Å². The molecule has 1 aliphatic heterocycles. The molecule has 0 spiro atoms. The Bertz CT molecular complexity index is 1070. The summed E-state index contributed by atoms with van der Waals surface area (Å²) < 4.78 is 6.87. The molecule has 0 amide bonds. The second-order valence-corrected chi connectivity index (χ2v) is 6.71. The lowest BCUT2D eigenvalue weighted by Crippen LogP contribution is -2.30. The van der Waals surface area contributed by atoms with E-state index in [1.165, 1.54) is 12.0 Å². The van der Waals surface area contributed by atoms with E-state index in [2.05, 4.69) is 32.1 Å². The first-order chi connectivity index (χ1) is 12.7. The van der Waals surface area contributed by atoms with Crippen LogP contribution in [0.4, 0.5) is 0 Å². The van der Waals surface area contributed by atoms with Crippen LogP contribution in [0, 0.1) is 0 Å². The second kappa shape index (κ2) is 6.03. The first-order valence-corrected chi connectivity index (χ1v) is 8.61. The van der Waals surface area contributed by atoms with Crippen molar-refractivity contribution in [2.24, 2.45) is 7.05 Å². The van der Waals surface area contributed by atoms with E-state index in [-0.39, 0.29) is 0 Å². The minimum absolute atomic E-state index is 0.794. The minimum Gasteiger partial charge on any atom is -0.451 e. The molecule has 1 aliphatic rings. The molecule has 0 unspecified atom stereocenters. The zero-order valence-corrected chi connectivity index (χ0v) is 14.5. The lowest BCUT2D eigenvalue weighted by Gasteiger charge is -2.27. The van der Waals surface area contributed by atoms with E-state index in [1.807, 2.05) is 25.6 Å². The first-order valence-electron chi connectivity index (χ1n) is 8.61.